The third-order valence-electron chi connectivity index (χ3n) is 3.86. The van der Waals surface area contributed by atoms with Crippen molar-refractivity contribution >= 4 is 23.2 Å². The molecule has 6 nitrogen and oxygen atoms in total. The third-order valence-corrected chi connectivity index (χ3v) is 5.24. The fourth-order valence-corrected chi connectivity index (χ4v) is 3.48. The van der Waals surface area contributed by atoms with Gasteiger partial charge < -0.3 is 9.47 Å². The molecule has 0 saturated carbocycles. The van der Waals surface area contributed by atoms with E-state index in [4.69, 9.17) is 9.47 Å². The van der Waals surface area contributed by atoms with Crippen LogP contribution >= 0.6 is 11.3 Å². The Kier molecular flexibility index (Phi) is 7.17. The molecule has 0 aliphatic heterocycles. The zero-order chi connectivity index (χ0) is 19.1. The molecular formula is C19H24N2O4S. The van der Waals surface area contributed by atoms with Crippen LogP contribution in [0.25, 0.3) is 0 Å². The van der Waals surface area contributed by atoms with Gasteiger partial charge >= 0.3 is 0 Å². The Hall–Kier alpha value is -2.38. The molecule has 2 aromatic rings. The highest BCUT2D eigenvalue weighted by molar-refractivity contribution is 7.14. The summed E-state index contributed by atoms with van der Waals surface area (Å²) in [7, 11) is 1.57. The molecule has 0 spiro atoms. The number of benzene rings is 1. The van der Waals surface area contributed by atoms with Gasteiger partial charge in [0.05, 0.1) is 18.6 Å². The fourth-order valence-electron chi connectivity index (χ4n) is 2.47. The van der Waals surface area contributed by atoms with Gasteiger partial charge in [-0.25, -0.2) is 0 Å². The summed E-state index contributed by atoms with van der Waals surface area (Å²) in [6.07, 6.45) is 0.880. The van der Waals surface area contributed by atoms with Crippen molar-refractivity contribution in [2.75, 3.05) is 13.7 Å². The molecule has 2 amide bonds. The van der Waals surface area contributed by atoms with Crippen LogP contribution in [0.15, 0.2) is 24.3 Å². The Morgan fingerprint density at radius 1 is 1.12 bits per heavy atom. The maximum atomic E-state index is 12.3. The van der Waals surface area contributed by atoms with Gasteiger partial charge in [-0.15, -0.1) is 11.3 Å². The highest BCUT2D eigenvalue weighted by Gasteiger charge is 2.14. The molecule has 0 unspecified atom stereocenters. The molecule has 2 rings (SSSR count). The molecule has 0 radical (unpaired) electrons. The molecule has 1 heterocycles. The van der Waals surface area contributed by atoms with E-state index in [2.05, 4.69) is 10.9 Å². The first-order valence-corrected chi connectivity index (χ1v) is 9.26. The van der Waals surface area contributed by atoms with Gasteiger partial charge in [0.25, 0.3) is 11.8 Å². The largest absolute Gasteiger partial charge is 0.496 e. The minimum atomic E-state index is -0.400. The summed E-state index contributed by atoms with van der Waals surface area (Å²) in [5, 5.41) is 0. The van der Waals surface area contributed by atoms with Crippen molar-refractivity contribution in [3.63, 3.8) is 0 Å². The SMILES string of the molecule is CCOCc1cc(C(=O)NNC(=O)c2cc(C)c(CC)s2)ccc1OC. The van der Waals surface area contributed by atoms with E-state index in [0.717, 1.165) is 22.4 Å². The van der Waals surface area contributed by atoms with Crippen LogP contribution in [0.4, 0.5) is 0 Å². The average Bonchev–Trinajstić information content (AvgIpc) is 3.04. The van der Waals surface area contributed by atoms with Crippen LogP contribution in [0.1, 0.15) is 49.9 Å². The highest BCUT2D eigenvalue weighted by Crippen LogP contribution is 2.22. The number of aryl methyl sites for hydroxylation is 2. The van der Waals surface area contributed by atoms with Gasteiger partial charge in [-0.3, -0.25) is 20.4 Å². The van der Waals surface area contributed by atoms with Crippen molar-refractivity contribution < 1.29 is 19.1 Å². The molecule has 0 aliphatic rings. The second-order valence-corrected chi connectivity index (χ2v) is 6.78. The van der Waals surface area contributed by atoms with Gasteiger partial charge in [0.1, 0.15) is 5.75 Å². The second-order valence-electron chi connectivity index (χ2n) is 5.64. The lowest BCUT2D eigenvalue weighted by Crippen LogP contribution is -2.41. The van der Waals surface area contributed by atoms with E-state index in [0.29, 0.717) is 29.4 Å². The number of carbonyl (C=O) groups excluding carboxylic acids is 2. The maximum absolute atomic E-state index is 12.3. The summed E-state index contributed by atoms with van der Waals surface area (Å²) < 4.78 is 10.7. The van der Waals surface area contributed by atoms with Crippen molar-refractivity contribution in [3.05, 3.63) is 50.7 Å². The lowest BCUT2D eigenvalue weighted by molar-refractivity contribution is 0.0848. The summed E-state index contributed by atoms with van der Waals surface area (Å²) >= 11 is 1.44. The molecule has 26 heavy (non-hydrogen) atoms. The summed E-state index contributed by atoms with van der Waals surface area (Å²) in [6.45, 7) is 6.83. The Bertz CT molecular complexity index is 786. The first-order valence-electron chi connectivity index (χ1n) is 8.44. The summed E-state index contributed by atoms with van der Waals surface area (Å²) in [4.78, 5) is 26.3. The molecule has 1 aromatic heterocycles. The predicted octanol–water partition coefficient (Wildman–Crippen LogP) is 3.24. The van der Waals surface area contributed by atoms with E-state index in [1.165, 1.54) is 11.3 Å². The van der Waals surface area contributed by atoms with Crippen molar-refractivity contribution in [1.82, 2.24) is 10.9 Å². The standard InChI is InChI=1S/C19H24N2O4S/c1-5-16-12(3)9-17(26-16)19(23)21-20-18(22)13-7-8-15(24-4)14(10-13)11-25-6-2/h7-10H,5-6,11H2,1-4H3,(H,20,22)(H,21,23). The Labute approximate surface area is 157 Å². The number of carbonyl (C=O) groups is 2. The topological polar surface area (TPSA) is 76.7 Å². The summed E-state index contributed by atoms with van der Waals surface area (Å²) in [5.74, 6) is -0.0721. The van der Waals surface area contributed by atoms with Crippen molar-refractivity contribution in [2.45, 2.75) is 33.8 Å². The predicted molar refractivity (Wildman–Crippen MR) is 102 cm³/mol. The molecule has 0 bridgehead atoms. The molecule has 0 fully saturated rings. The maximum Gasteiger partial charge on any atom is 0.279 e. The quantitative estimate of drug-likeness (QED) is 0.728. The normalized spacial score (nSPS) is 10.5. The van der Waals surface area contributed by atoms with Crippen molar-refractivity contribution in [1.29, 1.82) is 0 Å². The van der Waals surface area contributed by atoms with Gasteiger partial charge in [-0.05, 0) is 50.1 Å². The first kappa shape index (κ1) is 19.9. The van der Waals surface area contributed by atoms with Gasteiger partial charge in [0.15, 0.2) is 0 Å². The zero-order valence-corrected chi connectivity index (χ0v) is 16.3. The number of hydrogen-bond acceptors (Lipinski definition) is 5. The summed E-state index contributed by atoms with van der Waals surface area (Å²) in [6, 6.07) is 6.88. The average molecular weight is 376 g/mol. The van der Waals surface area contributed by atoms with Crippen LogP contribution in [0.5, 0.6) is 5.75 Å². The van der Waals surface area contributed by atoms with Crippen molar-refractivity contribution in [3.8, 4) is 5.75 Å². The summed E-state index contributed by atoms with van der Waals surface area (Å²) in [5.41, 5.74) is 7.19. The second kappa shape index (κ2) is 9.35. The number of nitrogens with one attached hydrogen (secondary N) is 2. The minimum absolute atomic E-state index is 0.325. The van der Waals surface area contributed by atoms with E-state index >= 15 is 0 Å². The van der Waals surface area contributed by atoms with Crippen LogP contribution in [0.2, 0.25) is 0 Å². The van der Waals surface area contributed by atoms with Gasteiger partial charge in [0, 0.05) is 22.6 Å². The molecule has 7 heteroatoms. The smallest absolute Gasteiger partial charge is 0.279 e. The zero-order valence-electron chi connectivity index (χ0n) is 15.5. The molecule has 1 aromatic carbocycles. The minimum Gasteiger partial charge on any atom is -0.496 e. The van der Waals surface area contributed by atoms with Crippen LogP contribution in [0, 0.1) is 6.92 Å². The lowest BCUT2D eigenvalue weighted by atomic mass is 10.1. The van der Waals surface area contributed by atoms with Crippen LogP contribution < -0.4 is 15.6 Å². The van der Waals surface area contributed by atoms with Gasteiger partial charge in [-0.2, -0.15) is 0 Å². The van der Waals surface area contributed by atoms with E-state index in [1.807, 2.05) is 26.8 Å². The van der Waals surface area contributed by atoms with E-state index in [9.17, 15) is 9.59 Å². The number of rotatable bonds is 7. The molecule has 0 saturated heterocycles. The number of thiophene rings is 1. The highest BCUT2D eigenvalue weighted by atomic mass is 32.1. The number of methoxy groups -OCH3 is 1. The number of hydrazine groups is 1. The molecule has 0 atom stereocenters. The molecule has 0 aliphatic carbocycles. The van der Waals surface area contributed by atoms with Crippen LogP contribution in [0.3, 0.4) is 0 Å². The first-order chi connectivity index (χ1) is 12.5. The Morgan fingerprint density at radius 2 is 1.85 bits per heavy atom. The van der Waals surface area contributed by atoms with E-state index < -0.39 is 5.91 Å². The van der Waals surface area contributed by atoms with Crippen molar-refractivity contribution in [2.24, 2.45) is 0 Å². The fraction of sp³-hybridized carbons (Fsp3) is 0.368. The van der Waals surface area contributed by atoms with Gasteiger partial charge in [0.2, 0.25) is 0 Å². The number of hydrogen-bond donors (Lipinski definition) is 2. The monoisotopic (exact) mass is 376 g/mol. The number of amides is 2. The van der Waals surface area contributed by atoms with Crippen LogP contribution in [-0.2, 0) is 17.8 Å². The Balaban J connectivity index is 2.03. The lowest BCUT2D eigenvalue weighted by Gasteiger charge is -2.11. The number of ether oxygens (including phenoxy) is 2. The molecule has 140 valence electrons. The molecular weight excluding hydrogens is 352 g/mol. The van der Waals surface area contributed by atoms with E-state index in [-0.39, 0.29) is 5.91 Å². The van der Waals surface area contributed by atoms with Gasteiger partial charge in [-0.1, -0.05) is 6.92 Å². The van der Waals surface area contributed by atoms with Crippen LogP contribution in [-0.4, -0.2) is 25.5 Å². The Morgan fingerprint density at radius 3 is 2.46 bits per heavy atom. The third kappa shape index (κ3) is 4.83. The van der Waals surface area contributed by atoms with E-state index in [1.54, 1.807) is 25.3 Å². The molecule has 2 N–H and O–H groups in total.